The molecule has 0 saturated carbocycles. The van der Waals surface area contributed by atoms with Gasteiger partial charge in [-0.2, -0.15) is 0 Å². The topological polar surface area (TPSA) is 73.8 Å². The fourth-order valence-electron chi connectivity index (χ4n) is 3.14. The molecular weight excluding hydrogens is 340 g/mol. The van der Waals surface area contributed by atoms with Crippen LogP contribution in [-0.4, -0.2) is 55.1 Å². The van der Waals surface area contributed by atoms with Crippen LogP contribution in [-0.2, 0) is 9.59 Å². The number of para-hydroxylation sites is 1. The van der Waals surface area contributed by atoms with Crippen LogP contribution in [0.1, 0.15) is 46.6 Å². The Hall–Kier alpha value is -2.37. The molecular formula is C21H34N4O2. The molecule has 0 heterocycles. The van der Waals surface area contributed by atoms with Crippen molar-refractivity contribution >= 4 is 23.7 Å². The third-order valence-electron chi connectivity index (χ3n) is 4.29. The first kappa shape index (κ1) is 22.7. The second-order valence-electron chi connectivity index (χ2n) is 7.44. The van der Waals surface area contributed by atoms with E-state index in [1.54, 1.807) is 14.0 Å². The number of carbonyl (C=O) groups is 2. The molecule has 1 rings (SSSR count). The normalized spacial score (nSPS) is 14.0. The Morgan fingerprint density at radius 3 is 2.30 bits per heavy atom. The van der Waals surface area contributed by atoms with Gasteiger partial charge in [0.1, 0.15) is 18.2 Å². The van der Waals surface area contributed by atoms with E-state index in [1.165, 1.54) is 0 Å². The van der Waals surface area contributed by atoms with Crippen molar-refractivity contribution < 1.29 is 9.59 Å². The summed E-state index contributed by atoms with van der Waals surface area (Å²) in [6.45, 7) is 9.81. The molecule has 2 N–H and O–H groups in total. The van der Waals surface area contributed by atoms with Crippen molar-refractivity contribution in [1.29, 1.82) is 0 Å². The summed E-state index contributed by atoms with van der Waals surface area (Å²) in [5.41, 5.74) is 1.76. The van der Waals surface area contributed by atoms with Gasteiger partial charge >= 0.3 is 0 Å². The van der Waals surface area contributed by atoms with Crippen molar-refractivity contribution in [2.24, 2.45) is 10.9 Å². The highest BCUT2D eigenvalue weighted by atomic mass is 16.2. The highest BCUT2D eigenvalue weighted by Gasteiger charge is 2.33. The Morgan fingerprint density at radius 2 is 1.81 bits per heavy atom. The van der Waals surface area contributed by atoms with E-state index in [1.807, 2.05) is 50.1 Å². The number of nitrogens with zero attached hydrogens (tertiary/aromatic N) is 2. The molecule has 0 fully saturated rings. The van der Waals surface area contributed by atoms with E-state index in [2.05, 4.69) is 29.5 Å². The van der Waals surface area contributed by atoms with Crippen molar-refractivity contribution in [1.82, 2.24) is 10.2 Å². The smallest absolute Gasteiger partial charge is 0.242 e. The van der Waals surface area contributed by atoms with Crippen LogP contribution < -0.4 is 10.6 Å². The zero-order valence-electron chi connectivity index (χ0n) is 17.6. The molecule has 0 aromatic heterocycles. The maximum absolute atomic E-state index is 13.0. The number of amides is 1. The first-order valence-electron chi connectivity index (χ1n) is 9.54. The lowest BCUT2D eigenvalue weighted by atomic mass is 9.98. The van der Waals surface area contributed by atoms with Crippen molar-refractivity contribution in [3.8, 4) is 0 Å². The number of carbonyl (C=O) groups excluding carboxylic acids is 2. The van der Waals surface area contributed by atoms with Gasteiger partial charge in [-0.1, -0.05) is 26.0 Å². The summed E-state index contributed by atoms with van der Waals surface area (Å²) in [5, 5.41) is 6.17. The number of hydrogen-bond donors (Lipinski definition) is 2. The van der Waals surface area contributed by atoms with Crippen LogP contribution in [0.2, 0.25) is 0 Å². The number of nitrogens with one attached hydrogen (secondary N) is 2. The van der Waals surface area contributed by atoms with Crippen molar-refractivity contribution in [3.05, 3.63) is 29.8 Å². The van der Waals surface area contributed by atoms with Crippen molar-refractivity contribution in [3.63, 3.8) is 0 Å². The van der Waals surface area contributed by atoms with Gasteiger partial charge in [-0.05, 0) is 45.2 Å². The fourth-order valence-corrected chi connectivity index (χ4v) is 3.14. The number of benzene rings is 1. The third-order valence-corrected chi connectivity index (χ3v) is 4.29. The van der Waals surface area contributed by atoms with Gasteiger partial charge in [0.15, 0.2) is 0 Å². The molecule has 6 heteroatoms. The zero-order chi connectivity index (χ0) is 20.6. The molecule has 0 aliphatic carbocycles. The second-order valence-corrected chi connectivity index (χ2v) is 7.44. The first-order chi connectivity index (χ1) is 12.8. The Labute approximate surface area is 163 Å². The summed E-state index contributed by atoms with van der Waals surface area (Å²) < 4.78 is 0. The van der Waals surface area contributed by atoms with Crippen LogP contribution in [0.25, 0.3) is 0 Å². The Kier molecular flexibility index (Phi) is 8.98. The molecule has 6 nitrogen and oxygen atoms in total. The molecule has 2 unspecified atom stereocenters. The molecule has 0 saturated heterocycles. The van der Waals surface area contributed by atoms with E-state index < -0.39 is 12.1 Å². The first-order valence-corrected chi connectivity index (χ1v) is 9.54. The van der Waals surface area contributed by atoms with E-state index in [-0.39, 0.29) is 17.9 Å². The summed E-state index contributed by atoms with van der Waals surface area (Å²) in [5.74, 6) is 0.825. The van der Waals surface area contributed by atoms with Gasteiger partial charge in [-0.25, -0.2) is 0 Å². The molecule has 0 aliphatic rings. The van der Waals surface area contributed by atoms with Crippen LogP contribution in [0, 0.1) is 5.92 Å². The minimum Gasteiger partial charge on any atom is -0.388 e. The standard InChI is InChI=1S/C21H34N4O2/c1-14(2)12-19(21(27)24-15(3)4)25(16(5)13-26)20(23-7)17-10-8-9-11-18(17)22-6/h8-11,13-16,19,22H,12H2,1-7H3,(H,24,27). The van der Waals surface area contributed by atoms with E-state index in [0.29, 0.717) is 12.3 Å². The van der Waals surface area contributed by atoms with Gasteiger partial charge < -0.3 is 20.3 Å². The quantitative estimate of drug-likeness (QED) is 0.396. The summed E-state index contributed by atoms with van der Waals surface area (Å²) in [4.78, 5) is 31.1. The van der Waals surface area contributed by atoms with Crippen LogP contribution in [0.15, 0.2) is 29.3 Å². The van der Waals surface area contributed by atoms with E-state index in [4.69, 9.17) is 0 Å². The lowest BCUT2D eigenvalue weighted by Crippen LogP contribution is -2.55. The Balaban J connectivity index is 3.49. The largest absolute Gasteiger partial charge is 0.388 e. The monoisotopic (exact) mass is 374 g/mol. The molecule has 2 atom stereocenters. The molecule has 0 radical (unpaired) electrons. The number of anilines is 1. The molecule has 27 heavy (non-hydrogen) atoms. The number of aliphatic imine (C=N–C) groups is 1. The molecule has 1 aromatic rings. The molecule has 150 valence electrons. The van der Waals surface area contributed by atoms with Gasteiger partial charge in [0.05, 0.1) is 6.04 Å². The lowest BCUT2D eigenvalue weighted by Gasteiger charge is -2.37. The summed E-state index contributed by atoms with van der Waals surface area (Å²) in [6, 6.07) is 6.81. The van der Waals surface area contributed by atoms with Crippen LogP contribution in [0.3, 0.4) is 0 Å². The molecule has 0 aliphatic heterocycles. The predicted molar refractivity (Wildman–Crippen MR) is 112 cm³/mol. The van der Waals surface area contributed by atoms with E-state index >= 15 is 0 Å². The Morgan fingerprint density at radius 1 is 1.19 bits per heavy atom. The fraction of sp³-hybridized carbons (Fsp3) is 0.571. The SMILES string of the molecule is CN=C(c1ccccc1NC)N(C(C)C=O)C(CC(C)C)C(=O)NC(C)C. The average Bonchev–Trinajstić information content (AvgIpc) is 2.63. The highest BCUT2D eigenvalue weighted by Crippen LogP contribution is 2.23. The summed E-state index contributed by atoms with van der Waals surface area (Å²) in [7, 11) is 3.54. The molecule has 0 bridgehead atoms. The minimum absolute atomic E-state index is 0.0205. The van der Waals surface area contributed by atoms with Crippen molar-refractivity contribution in [2.75, 3.05) is 19.4 Å². The van der Waals surface area contributed by atoms with Crippen LogP contribution in [0.4, 0.5) is 5.69 Å². The van der Waals surface area contributed by atoms with E-state index in [9.17, 15) is 9.59 Å². The maximum Gasteiger partial charge on any atom is 0.242 e. The van der Waals surface area contributed by atoms with Crippen molar-refractivity contribution in [2.45, 2.75) is 59.2 Å². The number of rotatable bonds is 9. The zero-order valence-corrected chi connectivity index (χ0v) is 17.6. The van der Waals surface area contributed by atoms with Gasteiger partial charge in [0, 0.05) is 31.4 Å². The summed E-state index contributed by atoms with van der Waals surface area (Å²) >= 11 is 0. The van der Waals surface area contributed by atoms with Crippen LogP contribution in [0.5, 0.6) is 0 Å². The lowest BCUT2D eigenvalue weighted by molar-refractivity contribution is -0.127. The average molecular weight is 375 g/mol. The number of amidine groups is 1. The predicted octanol–water partition coefficient (Wildman–Crippen LogP) is 2.93. The van der Waals surface area contributed by atoms with Gasteiger partial charge in [0.25, 0.3) is 0 Å². The molecule has 1 aromatic carbocycles. The molecule has 1 amide bonds. The summed E-state index contributed by atoms with van der Waals surface area (Å²) in [6.07, 6.45) is 1.49. The highest BCUT2D eigenvalue weighted by molar-refractivity contribution is 6.06. The number of hydrogen-bond acceptors (Lipinski definition) is 4. The van der Waals surface area contributed by atoms with Gasteiger partial charge in [-0.15, -0.1) is 0 Å². The number of aldehydes is 1. The molecule has 0 spiro atoms. The minimum atomic E-state index is -0.490. The van der Waals surface area contributed by atoms with Gasteiger partial charge in [-0.3, -0.25) is 9.79 Å². The van der Waals surface area contributed by atoms with Crippen LogP contribution >= 0.6 is 0 Å². The third kappa shape index (κ3) is 6.08. The maximum atomic E-state index is 13.0. The van der Waals surface area contributed by atoms with Gasteiger partial charge in [0.2, 0.25) is 5.91 Å². The second kappa shape index (κ2) is 10.7. The Bertz CT molecular complexity index is 655. The van der Waals surface area contributed by atoms with E-state index in [0.717, 1.165) is 17.5 Å².